The second-order valence-corrected chi connectivity index (χ2v) is 5.20. The predicted molar refractivity (Wildman–Crippen MR) is 83.9 cm³/mol. The van der Waals surface area contributed by atoms with Crippen LogP contribution < -0.4 is 5.43 Å². The van der Waals surface area contributed by atoms with Crippen molar-refractivity contribution < 1.29 is 22.0 Å². The number of nitrogens with zero attached hydrogens (tertiary/aromatic N) is 2. The largest absolute Gasteiger partial charge is 0.261 e. The van der Waals surface area contributed by atoms with E-state index < -0.39 is 34.6 Å². The second kappa shape index (κ2) is 6.46. The molecule has 0 radical (unpaired) electrons. The van der Waals surface area contributed by atoms with Crippen LogP contribution in [-0.4, -0.2) is 11.2 Å². The summed E-state index contributed by atoms with van der Waals surface area (Å²) < 4.78 is 66.3. The molecule has 0 aliphatic heterocycles. The lowest BCUT2D eigenvalue weighted by molar-refractivity contribution is 0.377. The number of hydrogen-bond acceptors (Lipinski definition) is 3. The van der Waals surface area contributed by atoms with Crippen LogP contribution >= 0.6 is 0 Å². The van der Waals surface area contributed by atoms with E-state index in [2.05, 4.69) is 15.5 Å². The number of para-hydroxylation sites is 1. The number of hydrogen-bond donors (Lipinski definition) is 1. The molecule has 0 bridgehead atoms. The maximum atomic E-state index is 13.5. The molecule has 0 aliphatic rings. The number of aromatic nitrogens is 1. The van der Waals surface area contributed by atoms with Crippen LogP contribution in [0, 0.1) is 36.0 Å². The van der Waals surface area contributed by atoms with Crippen LogP contribution in [0.3, 0.4) is 0 Å². The van der Waals surface area contributed by atoms with Crippen molar-refractivity contribution in [2.75, 3.05) is 5.43 Å². The summed E-state index contributed by atoms with van der Waals surface area (Å²) in [6.07, 6.45) is 0.516. The van der Waals surface area contributed by atoms with Gasteiger partial charge in [0, 0.05) is 5.39 Å². The highest BCUT2D eigenvalue weighted by Crippen LogP contribution is 2.22. The minimum atomic E-state index is -2.22. The van der Waals surface area contributed by atoms with Crippen molar-refractivity contribution in [1.29, 1.82) is 0 Å². The zero-order valence-corrected chi connectivity index (χ0v) is 12.7. The van der Waals surface area contributed by atoms with Gasteiger partial charge in [0.1, 0.15) is 5.82 Å². The molecule has 3 aromatic rings. The summed E-state index contributed by atoms with van der Waals surface area (Å²) in [6.45, 7) is 1.84. The highest BCUT2D eigenvalue weighted by molar-refractivity contribution is 5.84. The van der Waals surface area contributed by atoms with E-state index >= 15 is 0 Å². The molecule has 0 spiro atoms. The minimum Gasteiger partial charge on any atom is -0.261 e. The summed E-state index contributed by atoms with van der Waals surface area (Å²) in [5.41, 5.74) is 2.82. The van der Waals surface area contributed by atoms with Gasteiger partial charge in [0.05, 0.1) is 17.3 Å². The van der Waals surface area contributed by atoms with Gasteiger partial charge in [0.15, 0.2) is 23.3 Å². The Bertz CT molecular complexity index is 972. The van der Waals surface area contributed by atoms with Gasteiger partial charge in [-0.3, -0.25) is 5.43 Å². The second-order valence-electron chi connectivity index (χ2n) is 5.20. The van der Waals surface area contributed by atoms with Gasteiger partial charge < -0.3 is 0 Å². The van der Waals surface area contributed by atoms with Crippen molar-refractivity contribution in [3.63, 3.8) is 0 Å². The third-order valence-electron chi connectivity index (χ3n) is 3.54. The lowest BCUT2D eigenvalue weighted by atomic mass is 10.1. The molecule has 0 aliphatic carbocycles. The normalized spacial score (nSPS) is 11.4. The van der Waals surface area contributed by atoms with Crippen molar-refractivity contribution in [2.45, 2.75) is 6.92 Å². The number of fused-ring (bicyclic) bond motifs is 1. The summed E-state index contributed by atoms with van der Waals surface area (Å²) in [4.78, 5) is 4.24. The first-order chi connectivity index (χ1) is 11.9. The molecule has 1 aromatic heterocycles. The average molecular weight is 351 g/mol. The van der Waals surface area contributed by atoms with Crippen LogP contribution in [0.4, 0.5) is 27.8 Å². The molecule has 25 heavy (non-hydrogen) atoms. The van der Waals surface area contributed by atoms with Crippen LogP contribution in [0.2, 0.25) is 0 Å². The maximum absolute atomic E-state index is 13.5. The van der Waals surface area contributed by atoms with Gasteiger partial charge in [-0.15, -0.1) is 0 Å². The molecule has 128 valence electrons. The summed E-state index contributed by atoms with van der Waals surface area (Å²) in [7, 11) is 0. The SMILES string of the molecule is Cc1cc(N/N=C/c2c(F)c(F)c(F)c(F)c2F)nc2ccccc12. The highest BCUT2D eigenvalue weighted by atomic mass is 19.2. The van der Waals surface area contributed by atoms with Gasteiger partial charge in [0.2, 0.25) is 5.82 Å². The first-order valence-corrected chi connectivity index (χ1v) is 7.07. The van der Waals surface area contributed by atoms with Gasteiger partial charge in [-0.1, -0.05) is 18.2 Å². The Morgan fingerprint density at radius 3 is 2.20 bits per heavy atom. The van der Waals surface area contributed by atoms with E-state index in [4.69, 9.17) is 0 Å². The Morgan fingerprint density at radius 2 is 1.52 bits per heavy atom. The van der Waals surface area contributed by atoms with E-state index in [9.17, 15) is 22.0 Å². The van der Waals surface area contributed by atoms with E-state index in [0.717, 1.165) is 10.9 Å². The number of rotatable bonds is 3. The smallest absolute Gasteiger partial charge is 0.200 e. The predicted octanol–water partition coefficient (Wildman–Crippen LogP) is 4.68. The Balaban J connectivity index is 1.92. The Morgan fingerprint density at radius 1 is 0.920 bits per heavy atom. The van der Waals surface area contributed by atoms with Crippen molar-refractivity contribution >= 4 is 22.9 Å². The van der Waals surface area contributed by atoms with Crippen LogP contribution in [0.25, 0.3) is 10.9 Å². The molecular weight excluding hydrogens is 341 g/mol. The summed E-state index contributed by atoms with van der Waals surface area (Å²) in [6, 6.07) is 8.92. The van der Waals surface area contributed by atoms with Gasteiger partial charge in [-0.25, -0.2) is 26.9 Å². The molecule has 3 nitrogen and oxygen atoms in total. The third-order valence-corrected chi connectivity index (χ3v) is 3.54. The first-order valence-electron chi connectivity index (χ1n) is 7.07. The number of pyridine rings is 1. The molecule has 1 N–H and O–H groups in total. The van der Waals surface area contributed by atoms with Crippen molar-refractivity contribution in [3.8, 4) is 0 Å². The Labute approximate surface area is 138 Å². The van der Waals surface area contributed by atoms with Crippen LogP contribution in [-0.2, 0) is 0 Å². The molecule has 0 unspecified atom stereocenters. The quantitative estimate of drug-likeness (QED) is 0.244. The van der Waals surface area contributed by atoms with Crippen LogP contribution in [0.5, 0.6) is 0 Å². The van der Waals surface area contributed by atoms with Crippen molar-refractivity contribution in [2.24, 2.45) is 5.10 Å². The topological polar surface area (TPSA) is 37.3 Å². The number of nitrogens with one attached hydrogen (secondary N) is 1. The molecular formula is C17H10F5N3. The fraction of sp³-hybridized carbons (Fsp3) is 0.0588. The lowest BCUT2D eigenvalue weighted by Gasteiger charge is -2.06. The zero-order chi connectivity index (χ0) is 18.1. The Hall–Kier alpha value is -3.03. The summed E-state index contributed by atoms with van der Waals surface area (Å²) >= 11 is 0. The first kappa shape index (κ1) is 16.8. The maximum Gasteiger partial charge on any atom is 0.200 e. The number of halogens is 5. The lowest BCUT2D eigenvalue weighted by Crippen LogP contribution is -2.07. The fourth-order valence-electron chi connectivity index (χ4n) is 2.30. The Kier molecular flexibility index (Phi) is 4.35. The monoisotopic (exact) mass is 351 g/mol. The average Bonchev–Trinajstić information content (AvgIpc) is 2.61. The third kappa shape index (κ3) is 3.02. The molecule has 0 saturated carbocycles. The molecule has 0 atom stereocenters. The molecule has 8 heteroatoms. The number of anilines is 1. The van der Waals surface area contributed by atoms with E-state index in [1.807, 2.05) is 19.1 Å². The molecule has 0 saturated heterocycles. The van der Waals surface area contributed by atoms with Crippen molar-refractivity contribution in [3.05, 3.63) is 70.5 Å². The van der Waals surface area contributed by atoms with E-state index in [-0.39, 0.29) is 5.82 Å². The number of hydrazone groups is 1. The molecule has 2 aromatic carbocycles. The number of aryl methyl sites for hydroxylation is 1. The zero-order valence-electron chi connectivity index (χ0n) is 12.7. The summed E-state index contributed by atoms with van der Waals surface area (Å²) in [5, 5.41) is 4.43. The van der Waals surface area contributed by atoms with Crippen molar-refractivity contribution in [1.82, 2.24) is 4.98 Å². The van der Waals surface area contributed by atoms with Gasteiger partial charge in [0.25, 0.3) is 0 Å². The molecule has 1 heterocycles. The van der Waals surface area contributed by atoms with E-state index in [1.165, 1.54) is 0 Å². The minimum absolute atomic E-state index is 0.260. The van der Waals surface area contributed by atoms with Crippen LogP contribution in [0.1, 0.15) is 11.1 Å². The fourth-order valence-corrected chi connectivity index (χ4v) is 2.30. The molecule has 0 amide bonds. The van der Waals surface area contributed by atoms with Gasteiger partial charge >= 0.3 is 0 Å². The van der Waals surface area contributed by atoms with Gasteiger partial charge in [-0.05, 0) is 24.6 Å². The van der Waals surface area contributed by atoms with E-state index in [0.29, 0.717) is 11.7 Å². The van der Waals surface area contributed by atoms with Gasteiger partial charge in [-0.2, -0.15) is 5.10 Å². The van der Waals surface area contributed by atoms with Crippen LogP contribution in [0.15, 0.2) is 35.4 Å². The standard InChI is InChI=1S/C17H10F5N3/c1-8-6-12(24-11-5-3-2-4-9(8)11)25-23-7-10-13(18)15(20)17(22)16(21)14(10)19/h2-7H,1H3,(H,24,25)/b23-7+. The molecule has 3 rings (SSSR count). The number of benzene rings is 2. The van der Waals surface area contributed by atoms with E-state index in [1.54, 1.807) is 18.2 Å². The summed E-state index contributed by atoms with van der Waals surface area (Å²) in [5.74, 6) is -9.92. The highest BCUT2D eigenvalue weighted by Gasteiger charge is 2.24. The molecule has 0 fully saturated rings.